The lowest BCUT2D eigenvalue weighted by atomic mass is 9.93. The molecule has 1 aromatic carbocycles. The van der Waals surface area contributed by atoms with Crippen molar-refractivity contribution in [2.24, 2.45) is 7.05 Å². The summed E-state index contributed by atoms with van der Waals surface area (Å²) in [6.07, 6.45) is 6.17. The van der Waals surface area contributed by atoms with Crippen LogP contribution in [-0.2, 0) is 13.5 Å². The first-order valence-electron chi connectivity index (χ1n) is 9.57. The van der Waals surface area contributed by atoms with Gasteiger partial charge in [-0.25, -0.2) is 4.98 Å². The molecule has 4 rings (SSSR count). The monoisotopic (exact) mass is 394 g/mol. The van der Waals surface area contributed by atoms with Crippen molar-refractivity contribution in [3.05, 3.63) is 82.7 Å². The first-order chi connectivity index (χ1) is 13.6. The van der Waals surface area contributed by atoms with Gasteiger partial charge in [-0.3, -0.25) is 9.78 Å². The number of nitrogens with zero attached hydrogens (tertiary/aromatic N) is 4. The van der Waals surface area contributed by atoms with Gasteiger partial charge in [-0.15, -0.1) is 0 Å². The highest BCUT2D eigenvalue weighted by Gasteiger charge is 2.28. The SMILES string of the molecule is Cn1ccnc1C(=O)N1CCC[C@@H](c2cccc(Cc3ccccc3Cl)n2)C1. The van der Waals surface area contributed by atoms with E-state index in [1.165, 1.54) is 0 Å². The Morgan fingerprint density at radius 2 is 2.07 bits per heavy atom. The molecule has 0 radical (unpaired) electrons. The van der Waals surface area contributed by atoms with Crippen LogP contribution in [0.25, 0.3) is 0 Å². The molecule has 0 bridgehead atoms. The van der Waals surface area contributed by atoms with Gasteiger partial charge in [0.15, 0.2) is 5.82 Å². The normalized spacial score (nSPS) is 16.9. The molecule has 6 heteroatoms. The number of aromatic nitrogens is 3. The number of likely N-dealkylation sites (tertiary alicyclic amines) is 1. The molecule has 0 aliphatic carbocycles. The third-order valence-corrected chi connectivity index (χ3v) is 5.67. The number of benzene rings is 1. The summed E-state index contributed by atoms with van der Waals surface area (Å²) in [5.41, 5.74) is 3.11. The van der Waals surface area contributed by atoms with E-state index < -0.39 is 0 Å². The maximum absolute atomic E-state index is 12.8. The van der Waals surface area contributed by atoms with Crippen molar-refractivity contribution in [2.45, 2.75) is 25.2 Å². The maximum Gasteiger partial charge on any atom is 0.289 e. The summed E-state index contributed by atoms with van der Waals surface area (Å²) in [7, 11) is 1.85. The molecule has 1 aliphatic rings. The number of amides is 1. The van der Waals surface area contributed by atoms with Crippen LogP contribution in [0.15, 0.2) is 54.9 Å². The van der Waals surface area contributed by atoms with Crippen LogP contribution in [0.4, 0.5) is 0 Å². The molecule has 1 atom stereocenters. The molecule has 0 spiro atoms. The zero-order valence-electron chi connectivity index (χ0n) is 15.9. The van der Waals surface area contributed by atoms with Crippen LogP contribution in [0.2, 0.25) is 5.02 Å². The molecule has 1 fully saturated rings. The Kier molecular flexibility index (Phi) is 5.44. The van der Waals surface area contributed by atoms with Crippen LogP contribution in [0.3, 0.4) is 0 Å². The molecule has 0 unspecified atom stereocenters. The molecule has 3 aromatic rings. The second kappa shape index (κ2) is 8.15. The van der Waals surface area contributed by atoms with E-state index in [4.69, 9.17) is 16.6 Å². The number of aryl methyl sites for hydroxylation is 1. The molecular weight excluding hydrogens is 372 g/mol. The van der Waals surface area contributed by atoms with E-state index in [9.17, 15) is 4.79 Å². The van der Waals surface area contributed by atoms with Gasteiger partial charge in [0, 0.05) is 61.3 Å². The number of halogens is 1. The molecule has 144 valence electrons. The van der Waals surface area contributed by atoms with Crippen LogP contribution >= 0.6 is 11.6 Å². The van der Waals surface area contributed by atoms with Crippen LogP contribution < -0.4 is 0 Å². The predicted octanol–water partition coefficient (Wildman–Crippen LogP) is 4.08. The van der Waals surface area contributed by atoms with Crippen LogP contribution in [0.1, 0.15) is 46.3 Å². The summed E-state index contributed by atoms with van der Waals surface area (Å²) >= 11 is 6.30. The van der Waals surface area contributed by atoms with E-state index in [1.807, 2.05) is 48.3 Å². The standard InChI is InChI=1S/C22H23ClN4O/c1-26-13-11-24-21(26)22(28)27-12-5-7-17(15-27)20-10-4-8-18(25-20)14-16-6-2-3-9-19(16)23/h2-4,6,8-11,13,17H,5,7,12,14-15H2,1H3/t17-/m1/s1. The zero-order valence-corrected chi connectivity index (χ0v) is 16.6. The Morgan fingerprint density at radius 1 is 1.21 bits per heavy atom. The van der Waals surface area contributed by atoms with Gasteiger partial charge >= 0.3 is 0 Å². The average molecular weight is 395 g/mol. The largest absolute Gasteiger partial charge is 0.335 e. The van der Waals surface area contributed by atoms with Gasteiger partial charge in [-0.2, -0.15) is 0 Å². The molecule has 1 amide bonds. The van der Waals surface area contributed by atoms with Crippen molar-refractivity contribution < 1.29 is 4.79 Å². The van der Waals surface area contributed by atoms with E-state index in [1.54, 1.807) is 17.0 Å². The molecular formula is C22H23ClN4O. The van der Waals surface area contributed by atoms with E-state index in [0.29, 0.717) is 18.8 Å². The summed E-state index contributed by atoms with van der Waals surface area (Å²) in [5.74, 6) is 0.717. The van der Waals surface area contributed by atoms with Crippen molar-refractivity contribution in [1.82, 2.24) is 19.4 Å². The highest BCUT2D eigenvalue weighted by Crippen LogP contribution is 2.27. The highest BCUT2D eigenvalue weighted by molar-refractivity contribution is 6.31. The minimum atomic E-state index is -0.00979. The van der Waals surface area contributed by atoms with Gasteiger partial charge in [0.2, 0.25) is 0 Å². The summed E-state index contributed by atoms with van der Waals surface area (Å²) in [5, 5.41) is 0.763. The number of imidazole rings is 1. The number of carbonyl (C=O) groups excluding carboxylic acids is 1. The van der Waals surface area contributed by atoms with Crippen LogP contribution in [-0.4, -0.2) is 38.4 Å². The van der Waals surface area contributed by atoms with Gasteiger partial charge in [0.05, 0.1) is 0 Å². The first kappa shape index (κ1) is 18.7. The predicted molar refractivity (Wildman–Crippen MR) is 110 cm³/mol. The lowest BCUT2D eigenvalue weighted by molar-refractivity contribution is 0.0690. The van der Waals surface area contributed by atoms with Crippen molar-refractivity contribution in [1.29, 1.82) is 0 Å². The highest BCUT2D eigenvalue weighted by atomic mass is 35.5. The van der Waals surface area contributed by atoms with Gasteiger partial charge in [0.25, 0.3) is 5.91 Å². The molecule has 1 saturated heterocycles. The molecule has 28 heavy (non-hydrogen) atoms. The van der Waals surface area contributed by atoms with Crippen molar-refractivity contribution >= 4 is 17.5 Å². The van der Waals surface area contributed by atoms with Crippen molar-refractivity contribution in [3.8, 4) is 0 Å². The lowest BCUT2D eigenvalue weighted by Crippen LogP contribution is -2.40. The Labute approximate surface area is 170 Å². The van der Waals surface area contributed by atoms with E-state index >= 15 is 0 Å². The molecule has 2 aromatic heterocycles. The van der Waals surface area contributed by atoms with Gasteiger partial charge in [-0.1, -0.05) is 35.9 Å². The number of hydrogen-bond acceptors (Lipinski definition) is 3. The smallest absolute Gasteiger partial charge is 0.289 e. The van der Waals surface area contributed by atoms with E-state index in [2.05, 4.69) is 11.1 Å². The zero-order chi connectivity index (χ0) is 19.5. The fourth-order valence-corrected chi connectivity index (χ4v) is 3.98. The molecule has 0 saturated carbocycles. The average Bonchev–Trinajstić information content (AvgIpc) is 3.15. The Hall–Kier alpha value is -2.66. The Bertz CT molecular complexity index is 984. The number of hydrogen-bond donors (Lipinski definition) is 0. The van der Waals surface area contributed by atoms with Gasteiger partial charge in [0.1, 0.15) is 0 Å². The maximum atomic E-state index is 12.8. The van der Waals surface area contributed by atoms with Gasteiger partial charge < -0.3 is 9.47 Å². The van der Waals surface area contributed by atoms with Crippen LogP contribution in [0.5, 0.6) is 0 Å². The second-order valence-corrected chi connectivity index (χ2v) is 7.68. The third kappa shape index (κ3) is 3.94. The van der Waals surface area contributed by atoms with Crippen LogP contribution in [0, 0.1) is 0 Å². The minimum Gasteiger partial charge on any atom is -0.335 e. The fraction of sp³-hybridized carbons (Fsp3) is 0.318. The molecule has 3 heterocycles. The number of pyridine rings is 1. The van der Waals surface area contributed by atoms with Gasteiger partial charge in [-0.05, 0) is 36.6 Å². The Balaban J connectivity index is 1.50. The topological polar surface area (TPSA) is 51.0 Å². The summed E-state index contributed by atoms with van der Waals surface area (Å²) in [4.78, 5) is 23.8. The lowest BCUT2D eigenvalue weighted by Gasteiger charge is -2.32. The van der Waals surface area contributed by atoms with Crippen molar-refractivity contribution in [3.63, 3.8) is 0 Å². The minimum absolute atomic E-state index is 0.00979. The molecule has 1 aliphatic heterocycles. The first-order valence-corrected chi connectivity index (χ1v) is 9.95. The van der Waals surface area contributed by atoms with Crippen molar-refractivity contribution in [2.75, 3.05) is 13.1 Å². The fourth-order valence-electron chi connectivity index (χ4n) is 3.78. The summed E-state index contributed by atoms with van der Waals surface area (Å²) < 4.78 is 1.77. The number of piperidine rings is 1. The number of rotatable bonds is 4. The second-order valence-electron chi connectivity index (χ2n) is 7.27. The summed E-state index contributed by atoms with van der Waals surface area (Å²) in [6.45, 7) is 1.44. The van der Waals surface area contributed by atoms with E-state index in [-0.39, 0.29) is 11.8 Å². The molecule has 5 nitrogen and oxygen atoms in total. The quantitative estimate of drug-likeness (QED) is 0.670. The Morgan fingerprint density at radius 3 is 2.86 bits per heavy atom. The van der Waals surface area contributed by atoms with E-state index in [0.717, 1.165) is 41.4 Å². The number of carbonyl (C=O) groups is 1. The third-order valence-electron chi connectivity index (χ3n) is 5.30. The molecule has 0 N–H and O–H groups in total. The summed E-state index contributed by atoms with van der Waals surface area (Å²) in [6, 6.07) is 14.0.